The topological polar surface area (TPSA) is 53.1 Å². The van der Waals surface area contributed by atoms with Crippen LogP contribution in [0.1, 0.15) is 0 Å². The third kappa shape index (κ3) is 2.94. The number of fused-ring (bicyclic) bond motifs is 1. The van der Waals surface area contributed by atoms with Crippen molar-refractivity contribution in [1.29, 1.82) is 0 Å². The number of aromatic amines is 1. The number of urea groups is 1. The Hall–Kier alpha value is -1.60. The third-order valence-corrected chi connectivity index (χ3v) is 3.45. The number of aromatic nitrogens is 2. The first-order valence-corrected chi connectivity index (χ1v) is 6.71. The van der Waals surface area contributed by atoms with Gasteiger partial charge in [-0.05, 0) is 18.3 Å². The number of rotatable bonds is 3. The van der Waals surface area contributed by atoms with Crippen LogP contribution in [0.3, 0.4) is 0 Å². The minimum Gasteiger partial charge on any atom is -0.336 e. The van der Waals surface area contributed by atoms with Gasteiger partial charge in [0.15, 0.2) is 4.77 Å². The lowest BCUT2D eigenvalue weighted by Gasteiger charge is -2.12. The molecular formula is C12H14ClFN4OS. The zero-order chi connectivity index (χ0) is 14.9. The summed E-state index contributed by atoms with van der Waals surface area (Å²) in [5.74, 6) is -0.497. The van der Waals surface area contributed by atoms with E-state index in [1.165, 1.54) is 17.0 Å². The van der Waals surface area contributed by atoms with E-state index in [0.717, 1.165) is 0 Å². The summed E-state index contributed by atoms with van der Waals surface area (Å²) in [5, 5.41) is 2.78. The standard InChI is InChI=1S/C12H14ClFN4OS/c1-17(2)11(19)15-3-4-18-10-5-7(13)8(14)6-9(10)16-12(18)20/h5-6H,3-4H2,1-2H3,(H,15,19)(H,16,20). The molecule has 0 aliphatic rings. The molecular weight excluding hydrogens is 303 g/mol. The number of halogens is 2. The van der Waals surface area contributed by atoms with Gasteiger partial charge in [0.25, 0.3) is 0 Å². The number of benzene rings is 1. The van der Waals surface area contributed by atoms with Crippen molar-refractivity contribution < 1.29 is 9.18 Å². The maximum atomic E-state index is 13.4. The first kappa shape index (κ1) is 14.8. The predicted octanol–water partition coefficient (Wildman–Crippen LogP) is 2.76. The number of nitrogens with zero attached hydrogens (tertiary/aromatic N) is 2. The number of hydrogen-bond acceptors (Lipinski definition) is 2. The Morgan fingerprint density at radius 1 is 1.55 bits per heavy atom. The fourth-order valence-electron chi connectivity index (χ4n) is 1.81. The van der Waals surface area contributed by atoms with Gasteiger partial charge >= 0.3 is 6.03 Å². The van der Waals surface area contributed by atoms with Crippen LogP contribution in [0.25, 0.3) is 11.0 Å². The molecule has 1 aromatic carbocycles. The Morgan fingerprint density at radius 3 is 2.90 bits per heavy atom. The zero-order valence-electron chi connectivity index (χ0n) is 11.0. The molecule has 8 heteroatoms. The van der Waals surface area contributed by atoms with Crippen LogP contribution in [0.4, 0.5) is 9.18 Å². The van der Waals surface area contributed by atoms with Gasteiger partial charge in [0.05, 0.1) is 16.1 Å². The van der Waals surface area contributed by atoms with E-state index in [1.54, 1.807) is 18.7 Å². The molecule has 0 fully saturated rings. The average Bonchev–Trinajstić information content (AvgIpc) is 2.66. The number of carbonyl (C=O) groups is 1. The minimum atomic E-state index is -0.497. The fraction of sp³-hybridized carbons (Fsp3) is 0.333. The third-order valence-electron chi connectivity index (χ3n) is 2.83. The van der Waals surface area contributed by atoms with Crippen LogP contribution in [0.2, 0.25) is 5.02 Å². The summed E-state index contributed by atoms with van der Waals surface area (Å²) in [6.07, 6.45) is 0. The Morgan fingerprint density at radius 2 is 2.25 bits per heavy atom. The van der Waals surface area contributed by atoms with Gasteiger partial charge in [-0.25, -0.2) is 9.18 Å². The van der Waals surface area contributed by atoms with Crippen LogP contribution in [-0.2, 0) is 6.54 Å². The molecule has 0 saturated heterocycles. The first-order chi connectivity index (χ1) is 9.40. The highest BCUT2D eigenvalue weighted by Gasteiger charge is 2.09. The molecule has 2 amide bonds. The summed E-state index contributed by atoms with van der Waals surface area (Å²) in [4.78, 5) is 15.8. The van der Waals surface area contributed by atoms with Crippen molar-refractivity contribution in [2.45, 2.75) is 6.54 Å². The lowest BCUT2D eigenvalue weighted by atomic mass is 10.3. The van der Waals surface area contributed by atoms with Gasteiger partial charge in [-0.1, -0.05) is 11.6 Å². The Labute approximate surface area is 125 Å². The van der Waals surface area contributed by atoms with E-state index in [0.29, 0.717) is 28.9 Å². The van der Waals surface area contributed by atoms with Gasteiger partial charge in [-0.15, -0.1) is 0 Å². The van der Waals surface area contributed by atoms with Gasteiger partial charge in [-0.2, -0.15) is 0 Å². The molecule has 5 nitrogen and oxygen atoms in total. The summed E-state index contributed by atoms with van der Waals surface area (Å²) >= 11 is 11.0. The highest BCUT2D eigenvalue weighted by atomic mass is 35.5. The highest BCUT2D eigenvalue weighted by molar-refractivity contribution is 7.71. The van der Waals surface area contributed by atoms with Crippen molar-refractivity contribution in [2.75, 3.05) is 20.6 Å². The number of hydrogen-bond donors (Lipinski definition) is 2. The molecule has 2 rings (SSSR count). The summed E-state index contributed by atoms with van der Waals surface area (Å²) in [7, 11) is 3.32. The van der Waals surface area contributed by atoms with Crippen LogP contribution < -0.4 is 5.32 Å². The molecule has 0 spiro atoms. The SMILES string of the molecule is CN(C)C(=O)NCCn1c(=S)[nH]c2cc(F)c(Cl)cc21. The minimum absolute atomic E-state index is 0.0394. The van der Waals surface area contributed by atoms with E-state index < -0.39 is 5.82 Å². The summed E-state index contributed by atoms with van der Waals surface area (Å²) < 4.78 is 15.6. The summed E-state index contributed by atoms with van der Waals surface area (Å²) in [6, 6.07) is 2.65. The van der Waals surface area contributed by atoms with Gasteiger partial charge in [0.2, 0.25) is 0 Å². The quantitative estimate of drug-likeness (QED) is 0.856. The molecule has 1 aromatic heterocycles. The molecule has 2 N–H and O–H groups in total. The highest BCUT2D eigenvalue weighted by Crippen LogP contribution is 2.22. The van der Waals surface area contributed by atoms with E-state index in [4.69, 9.17) is 23.8 Å². The molecule has 0 atom stereocenters. The molecule has 2 aromatic rings. The van der Waals surface area contributed by atoms with Crippen LogP contribution >= 0.6 is 23.8 Å². The Balaban J connectivity index is 2.22. The first-order valence-electron chi connectivity index (χ1n) is 5.93. The van der Waals surface area contributed by atoms with Crippen molar-refractivity contribution in [1.82, 2.24) is 19.8 Å². The van der Waals surface area contributed by atoms with Crippen LogP contribution in [0, 0.1) is 10.6 Å². The summed E-state index contributed by atoms with van der Waals surface area (Å²) in [5.41, 5.74) is 1.29. The molecule has 0 radical (unpaired) electrons. The van der Waals surface area contributed by atoms with Crippen LogP contribution in [-0.4, -0.2) is 41.1 Å². The molecule has 0 aliphatic carbocycles. The van der Waals surface area contributed by atoms with Gasteiger partial charge in [-0.3, -0.25) is 0 Å². The number of nitrogens with one attached hydrogen (secondary N) is 2. The predicted molar refractivity (Wildman–Crippen MR) is 79.2 cm³/mol. The van der Waals surface area contributed by atoms with E-state index in [1.807, 2.05) is 0 Å². The van der Waals surface area contributed by atoms with Crippen molar-refractivity contribution in [3.8, 4) is 0 Å². The van der Waals surface area contributed by atoms with Crippen LogP contribution in [0.15, 0.2) is 12.1 Å². The molecule has 108 valence electrons. The molecule has 0 bridgehead atoms. The van der Waals surface area contributed by atoms with Crippen molar-refractivity contribution in [3.63, 3.8) is 0 Å². The van der Waals surface area contributed by atoms with Crippen molar-refractivity contribution in [3.05, 3.63) is 27.7 Å². The second-order valence-corrected chi connectivity index (χ2v) is 5.29. The maximum Gasteiger partial charge on any atom is 0.316 e. The second-order valence-electron chi connectivity index (χ2n) is 4.49. The zero-order valence-corrected chi connectivity index (χ0v) is 12.6. The van der Waals surface area contributed by atoms with E-state index >= 15 is 0 Å². The van der Waals surface area contributed by atoms with Crippen molar-refractivity contribution >= 4 is 40.9 Å². The Bertz CT molecular complexity index is 709. The van der Waals surface area contributed by atoms with Gasteiger partial charge in [0.1, 0.15) is 5.82 Å². The normalized spacial score (nSPS) is 10.8. The lowest BCUT2D eigenvalue weighted by molar-refractivity contribution is 0.217. The van der Waals surface area contributed by atoms with Gasteiger partial charge in [0, 0.05) is 33.3 Å². The maximum absolute atomic E-state index is 13.4. The van der Waals surface area contributed by atoms with Crippen LogP contribution in [0.5, 0.6) is 0 Å². The number of imidazole rings is 1. The van der Waals surface area contributed by atoms with E-state index in [-0.39, 0.29) is 11.1 Å². The monoisotopic (exact) mass is 316 g/mol. The van der Waals surface area contributed by atoms with Crippen molar-refractivity contribution in [2.24, 2.45) is 0 Å². The second kappa shape index (κ2) is 5.80. The average molecular weight is 317 g/mol. The van der Waals surface area contributed by atoms with E-state index in [2.05, 4.69) is 10.3 Å². The largest absolute Gasteiger partial charge is 0.336 e. The van der Waals surface area contributed by atoms with E-state index in [9.17, 15) is 9.18 Å². The number of H-pyrrole nitrogens is 1. The molecule has 0 unspecified atom stereocenters. The van der Waals surface area contributed by atoms with Gasteiger partial charge < -0.3 is 19.8 Å². The molecule has 20 heavy (non-hydrogen) atoms. The molecule has 1 heterocycles. The summed E-state index contributed by atoms with van der Waals surface area (Å²) in [6.45, 7) is 0.883. The molecule has 0 saturated carbocycles. The lowest BCUT2D eigenvalue weighted by Crippen LogP contribution is -2.36. The Kier molecular flexibility index (Phi) is 4.29. The molecule has 0 aliphatic heterocycles. The smallest absolute Gasteiger partial charge is 0.316 e. The number of carbonyl (C=O) groups excluding carboxylic acids is 1. The fourth-order valence-corrected chi connectivity index (χ4v) is 2.26. The number of amides is 2.